The SMILES string of the molecule is CCCCCCCCCCCCCCCCCCOCC(CC(C)CC#N)SOCCCCCCCCCCCCCCCCCC. The summed E-state index contributed by atoms with van der Waals surface area (Å²) >= 11 is 1.62. The largest absolute Gasteiger partial charge is 0.380 e. The lowest BCUT2D eigenvalue weighted by Gasteiger charge is -2.19. The van der Waals surface area contributed by atoms with Crippen LogP contribution in [0.1, 0.15) is 239 Å². The van der Waals surface area contributed by atoms with Crippen LogP contribution in [0.3, 0.4) is 0 Å². The van der Waals surface area contributed by atoms with Gasteiger partial charge in [0.15, 0.2) is 0 Å². The first-order valence-electron chi connectivity index (χ1n) is 21.5. The van der Waals surface area contributed by atoms with Gasteiger partial charge in [-0.05, 0) is 37.2 Å². The number of nitriles is 1. The topological polar surface area (TPSA) is 42.2 Å². The van der Waals surface area contributed by atoms with Crippen molar-refractivity contribution in [2.75, 3.05) is 19.8 Å². The summed E-state index contributed by atoms with van der Waals surface area (Å²) in [5, 5.41) is 9.44. The summed E-state index contributed by atoms with van der Waals surface area (Å²) in [7, 11) is 0. The lowest BCUT2D eigenvalue weighted by Crippen LogP contribution is -2.17. The highest BCUT2D eigenvalue weighted by molar-refractivity contribution is 7.95. The van der Waals surface area contributed by atoms with Gasteiger partial charge >= 0.3 is 0 Å². The number of rotatable bonds is 41. The van der Waals surface area contributed by atoms with Crippen LogP contribution in [-0.4, -0.2) is 25.1 Å². The molecule has 0 saturated heterocycles. The Morgan fingerprint density at radius 1 is 0.468 bits per heavy atom. The summed E-state index contributed by atoms with van der Waals surface area (Å²) < 4.78 is 12.1. The highest BCUT2D eigenvalue weighted by Crippen LogP contribution is 2.23. The van der Waals surface area contributed by atoms with Gasteiger partial charge in [0, 0.05) is 13.0 Å². The molecule has 47 heavy (non-hydrogen) atoms. The minimum atomic E-state index is 0.334. The van der Waals surface area contributed by atoms with E-state index in [1.807, 2.05) is 0 Å². The first-order chi connectivity index (χ1) is 23.2. The zero-order chi connectivity index (χ0) is 34.1. The summed E-state index contributed by atoms with van der Waals surface area (Å²) in [5.41, 5.74) is 0. The van der Waals surface area contributed by atoms with Crippen molar-refractivity contribution < 1.29 is 8.92 Å². The molecule has 0 saturated carbocycles. The predicted octanol–water partition coefficient (Wildman–Crippen LogP) is 15.5. The van der Waals surface area contributed by atoms with E-state index < -0.39 is 0 Å². The normalized spacial score (nSPS) is 12.8. The summed E-state index contributed by atoms with van der Waals surface area (Å²) in [6.45, 7) is 9.23. The third-order valence-electron chi connectivity index (χ3n) is 9.84. The molecule has 0 N–H and O–H groups in total. The molecule has 0 aliphatic rings. The van der Waals surface area contributed by atoms with E-state index in [0.717, 1.165) is 32.7 Å². The lowest BCUT2D eigenvalue weighted by atomic mass is 10.0. The third-order valence-corrected chi connectivity index (χ3v) is 10.7. The number of unbranched alkanes of at least 4 members (excludes halogenated alkanes) is 30. The molecule has 0 aliphatic carbocycles. The van der Waals surface area contributed by atoms with Crippen LogP contribution in [0.25, 0.3) is 0 Å². The third kappa shape index (κ3) is 40.1. The monoisotopic (exact) mass is 680 g/mol. The summed E-state index contributed by atoms with van der Waals surface area (Å²) in [5.74, 6) is 0.399. The smallest absolute Gasteiger partial charge is 0.0624 e. The summed E-state index contributed by atoms with van der Waals surface area (Å²) in [4.78, 5) is 0. The second-order valence-corrected chi connectivity index (χ2v) is 16.0. The van der Waals surface area contributed by atoms with E-state index >= 15 is 0 Å². The molecule has 2 unspecified atom stereocenters. The summed E-state index contributed by atoms with van der Waals surface area (Å²) in [6, 6.07) is 2.34. The number of hydrogen-bond donors (Lipinski definition) is 0. The van der Waals surface area contributed by atoms with Crippen molar-refractivity contribution in [2.24, 2.45) is 5.92 Å². The molecule has 0 radical (unpaired) electrons. The molecule has 4 heteroatoms. The second-order valence-electron chi connectivity index (χ2n) is 14.9. The molecule has 3 nitrogen and oxygen atoms in total. The maximum atomic E-state index is 9.11. The molecule has 0 amide bonds. The van der Waals surface area contributed by atoms with Crippen LogP contribution in [0.4, 0.5) is 0 Å². The minimum absolute atomic E-state index is 0.334. The van der Waals surface area contributed by atoms with Crippen LogP contribution >= 0.6 is 12.0 Å². The van der Waals surface area contributed by atoms with E-state index in [9.17, 15) is 0 Å². The van der Waals surface area contributed by atoms with Gasteiger partial charge in [-0.2, -0.15) is 5.26 Å². The van der Waals surface area contributed by atoms with E-state index in [0.29, 0.717) is 17.6 Å². The Bertz CT molecular complexity index is 569. The minimum Gasteiger partial charge on any atom is -0.380 e. The van der Waals surface area contributed by atoms with E-state index in [2.05, 4.69) is 26.8 Å². The lowest BCUT2D eigenvalue weighted by molar-refractivity contribution is 0.125. The van der Waals surface area contributed by atoms with Crippen molar-refractivity contribution in [1.82, 2.24) is 0 Å². The number of nitrogens with zero attached hydrogens (tertiary/aromatic N) is 1. The van der Waals surface area contributed by atoms with Crippen LogP contribution in [0.15, 0.2) is 0 Å². The molecule has 2 atom stereocenters. The van der Waals surface area contributed by atoms with Crippen LogP contribution in [0, 0.1) is 17.2 Å². The highest BCUT2D eigenvalue weighted by atomic mass is 32.2. The molecule has 0 aromatic rings. The molecule has 0 aliphatic heterocycles. The maximum Gasteiger partial charge on any atom is 0.0624 e. The fraction of sp³-hybridized carbons (Fsp3) is 0.977. The highest BCUT2D eigenvalue weighted by Gasteiger charge is 2.15. The Hall–Kier alpha value is -0.240. The molecule has 0 aromatic heterocycles. The average Bonchev–Trinajstić information content (AvgIpc) is 3.07. The Labute approximate surface area is 301 Å². The molecule has 0 spiro atoms. The van der Waals surface area contributed by atoms with Crippen molar-refractivity contribution >= 4 is 12.0 Å². The molecule has 0 bridgehead atoms. The van der Waals surface area contributed by atoms with Crippen LogP contribution < -0.4 is 0 Å². The fourth-order valence-electron chi connectivity index (χ4n) is 6.64. The Balaban J connectivity index is 3.61. The van der Waals surface area contributed by atoms with Crippen LogP contribution in [0.5, 0.6) is 0 Å². The van der Waals surface area contributed by atoms with Gasteiger partial charge in [0.2, 0.25) is 0 Å². The molecule has 0 rings (SSSR count). The van der Waals surface area contributed by atoms with Gasteiger partial charge in [0.05, 0.1) is 24.5 Å². The molecule has 280 valence electrons. The zero-order valence-electron chi connectivity index (χ0n) is 32.5. The van der Waals surface area contributed by atoms with Crippen molar-refractivity contribution in [1.29, 1.82) is 5.26 Å². The van der Waals surface area contributed by atoms with Crippen LogP contribution in [0.2, 0.25) is 0 Å². The summed E-state index contributed by atoms with van der Waals surface area (Å²) in [6.07, 6.45) is 46.3. The second kappa shape index (κ2) is 41.9. The van der Waals surface area contributed by atoms with E-state index in [1.165, 1.54) is 199 Å². The van der Waals surface area contributed by atoms with Crippen LogP contribution in [-0.2, 0) is 8.92 Å². The average molecular weight is 680 g/mol. The van der Waals surface area contributed by atoms with Gasteiger partial charge in [-0.25, -0.2) is 0 Å². The quantitative estimate of drug-likeness (QED) is 0.0476. The molecule has 0 aromatic carbocycles. The van der Waals surface area contributed by atoms with Crippen molar-refractivity contribution in [3.8, 4) is 6.07 Å². The molecular formula is C43H85NO2S. The standard InChI is InChI=1S/C43H85NO2S/c1-4-6-8-10-12-14-16-18-20-22-24-26-28-30-32-34-38-45-41-43(40-42(3)36-37-44)47-46-39-35-33-31-29-27-25-23-21-19-17-15-13-11-9-7-5-2/h42-43H,4-36,38-41H2,1-3H3. The van der Waals surface area contributed by atoms with Gasteiger partial charge < -0.3 is 8.92 Å². The van der Waals surface area contributed by atoms with Crippen molar-refractivity contribution in [2.45, 2.75) is 244 Å². The molecule has 0 heterocycles. The van der Waals surface area contributed by atoms with Crippen molar-refractivity contribution in [3.63, 3.8) is 0 Å². The van der Waals surface area contributed by atoms with Gasteiger partial charge in [0.25, 0.3) is 0 Å². The zero-order valence-corrected chi connectivity index (χ0v) is 33.3. The van der Waals surface area contributed by atoms with Gasteiger partial charge in [-0.1, -0.05) is 213 Å². The van der Waals surface area contributed by atoms with Gasteiger partial charge in [-0.15, -0.1) is 0 Å². The van der Waals surface area contributed by atoms with E-state index in [4.69, 9.17) is 14.2 Å². The van der Waals surface area contributed by atoms with E-state index in [1.54, 1.807) is 12.0 Å². The Kier molecular flexibility index (Phi) is 41.7. The fourth-order valence-corrected chi connectivity index (χ4v) is 7.61. The Morgan fingerprint density at radius 2 is 0.787 bits per heavy atom. The molecule has 0 fully saturated rings. The number of hydrogen-bond acceptors (Lipinski definition) is 4. The maximum absolute atomic E-state index is 9.11. The molecular weight excluding hydrogens is 595 g/mol. The predicted molar refractivity (Wildman–Crippen MR) is 211 cm³/mol. The first kappa shape index (κ1) is 46.8. The van der Waals surface area contributed by atoms with Gasteiger partial charge in [-0.3, -0.25) is 0 Å². The van der Waals surface area contributed by atoms with Crippen molar-refractivity contribution in [3.05, 3.63) is 0 Å². The van der Waals surface area contributed by atoms with E-state index in [-0.39, 0.29) is 0 Å². The number of ether oxygens (including phenoxy) is 1. The first-order valence-corrected chi connectivity index (χ1v) is 22.3. The van der Waals surface area contributed by atoms with Gasteiger partial charge in [0.1, 0.15) is 0 Å². The Morgan fingerprint density at radius 3 is 1.13 bits per heavy atom.